The van der Waals surface area contributed by atoms with Crippen molar-refractivity contribution in [2.75, 3.05) is 7.05 Å². The van der Waals surface area contributed by atoms with Gasteiger partial charge in [-0.25, -0.2) is 4.98 Å². The molecule has 6 nitrogen and oxygen atoms in total. The highest BCUT2D eigenvalue weighted by molar-refractivity contribution is 7.71. The molecule has 20 heavy (non-hydrogen) atoms. The third kappa shape index (κ3) is 1.94. The first-order valence-corrected chi connectivity index (χ1v) is 6.84. The van der Waals surface area contributed by atoms with Gasteiger partial charge in [0.15, 0.2) is 10.4 Å². The van der Waals surface area contributed by atoms with E-state index in [1.165, 1.54) is 13.2 Å². The summed E-state index contributed by atoms with van der Waals surface area (Å²) in [5.41, 5.74) is 1.25. The number of nitrogens with zero attached hydrogens (tertiary/aromatic N) is 3. The number of hydrogen-bond acceptors (Lipinski definition) is 4. The lowest BCUT2D eigenvalue weighted by atomic mass is 10.0. The van der Waals surface area contributed by atoms with Gasteiger partial charge in [0, 0.05) is 19.7 Å². The summed E-state index contributed by atoms with van der Waals surface area (Å²) in [7, 11) is 1.49. The quantitative estimate of drug-likeness (QED) is 0.646. The van der Waals surface area contributed by atoms with Crippen LogP contribution in [0.1, 0.15) is 18.9 Å². The topological polar surface area (TPSA) is 71.0 Å². The molecule has 1 N–H and O–H groups in total. The number of likely N-dealkylation sites (tertiary alicyclic amines) is 1. The zero-order valence-corrected chi connectivity index (χ0v) is 12.2. The fourth-order valence-electron chi connectivity index (χ4n) is 2.41. The van der Waals surface area contributed by atoms with Crippen LogP contribution in [0.2, 0.25) is 5.02 Å². The Kier molecular flexibility index (Phi) is 3.10. The molecule has 0 saturated carbocycles. The molecule has 3 rings (SSSR count). The molecule has 0 aromatic carbocycles. The van der Waals surface area contributed by atoms with Crippen LogP contribution in [0.15, 0.2) is 12.3 Å². The van der Waals surface area contributed by atoms with Crippen molar-refractivity contribution < 1.29 is 9.59 Å². The predicted octanol–water partition coefficient (Wildman–Crippen LogP) is 2.07. The zero-order chi connectivity index (χ0) is 14.4. The van der Waals surface area contributed by atoms with Gasteiger partial charge in [0.25, 0.3) is 5.91 Å². The number of carbonyl (C=O) groups excluding carboxylic acids is 2. The number of halogens is 1. The Morgan fingerprint density at radius 1 is 1.50 bits per heavy atom. The molecule has 1 unspecified atom stereocenters. The minimum absolute atomic E-state index is 0.173. The minimum Gasteiger partial charge on any atom is -0.329 e. The largest absolute Gasteiger partial charge is 0.329 e. The summed E-state index contributed by atoms with van der Waals surface area (Å²) >= 11 is 11.2. The summed E-state index contributed by atoms with van der Waals surface area (Å²) in [5.74, 6) is -0.441. The maximum absolute atomic E-state index is 12.3. The molecule has 2 aromatic rings. The van der Waals surface area contributed by atoms with Gasteiger partial charge in [-0.1, -0.05) is 11.6 Å². The second-order valence-electron chi connectivity index (χ2n) is 4.67. The second-order valence-corrected chi connectivity index (χ2v) is 5.49. The van der Waals surface area contributed by atoms with E-state index in [0.29, 0.717) is 33.8 Å². The summed E-state index contributed by atoms with van der Waals surface area (Å²) in [5, 5.41) is 0.489. The number of rotatable bonds is 1. The summed E-state index contributed by atoms with van der Waals surface area (Å²) < 4.78 is 2.06. The van der Waals surface area contributed by atoms with Crippen LogP contribution in [0.5, 0.6) is 0 Å². The second kappa shape index (κ2) is 4.68. The maximum Gasteiger partial charge on any atom is 0.252 e. The molecule has 1 aliphatic rings. The molecule has 1 aliphatic heterocycles. The van der Waals surface area contributed by atoms with Gasteiger partial charge in [-0.15, -0.1) is 0 Å². The van der Waals surface area contributed by atoms with E-state index in [-0.39, 0.29) is 11.8 Å². The lowest BCUT2D eigenvalue weighted by molar-refractivity contribution is -0.149. The Balaban J connectivity index is 2.15. The van der Waals surface area contributed by atoms with Crippen molar-refractivity contribution in [3.8, 4) is 0 Å². The van der Waals surface area contributed by atoms with E-state index in [1.807, 2.05) is 0 Å². The lowest BCUT2D eigenvalue weighted by Crippen LogP contribution is -2.43. The SMILES string of the molecule is CN1C(=O)CCC(n2c(=S)[nH]c3cc(Cl)cnc32)C1=O. The Morgan fingerprint density at radius 3 is 3.00 bits per heavy atom. The van der Waals surface area contributed by atoms with Crippen LogP contribution < -0.4 is 0 Å². The molecule has 8 heteroatoms. The molecule has 1 atom stereocenters. The molecule has 104 valence electrons. The third-order valence-corrected chi connectivity index (χ3v) is 3.96. The molecule has 3 heterocycles. The number of amides is 2. The highest BCUT2D eigenvalue weighted by Crippen LogP contribution is 2.27. The van der Waals surface area contributed by atoms with Crippen molar-refractivity contribution in [2.45, 2.75) is 18.9 Å². The number of H-pyrrole nitrogens is 1. The van der Waals surface area contributed by atoms with Crippen molar-refractivity contribution in [1.29, 1.82) is 0 Å². The zero-order valence-electron chi connectivity index (χ0n) is 10.6. The Hall–Kier alpha value is -1.73. The molecule has 0 radical (unpaired) electrons. The number of pyridine rings is 1. The van der Waals surface area contributed by atoms with Crippen molar-refractivity contribution in [3.05, 3.63) is 22.1 Å². The number of carbonyl (C=O) groups is 2. The molecular weight excluding hydrogens is 300 g/mol. The normalized spacial score (nSPS) is 19.9. The number of aromatic nitrogens is 3. The molecule has 1 saturated heterocycles. The number of imide groups is 1. The van der Waals surface area contributed by atoms with Crippen LogP contribution >= 0.6 is 23.8 Å². The number of aromatic amines is 1. The number of imidazole rings is 1. The summed E-state index contributed by atoms with van der Waals surface area (Å²) in [6, 6.07) is 1.20. The van der Waals surface area contributed by atoms with E-state index in [9.17, 15) is 9.59 Å². The lowest BCUT2D eigenvalue weighted by Gasteiger charge is -2.28. The van der Waals surface area contributed by atoms with Crippen LogP contribution in [-0.2, 0) is 9.59 Å². The average molecular weight is 311 g/mol. The van der Waals surface area contributed by atoms with Crippen LogP contribution in [0.4, 0.5) is 0 Å². The van der Waals surface area contributed by atoms with Crippen molar-refractivity contribution >= 4 is 46.8 Å². The molecule has 2 aromatic heterocycles. The van der Waals surface area contributed by atoms with Crippen molar-refractivity contribution in [3.63, 3.8) is 0 Å². The van der Waals surface area contributed by atoms with E-state index in [1.54, 1.807) is 10.6 Å². The van der Waals surface area contributed by atoms with E-state index >= 15 is 0 Å². The van der Waals surface area contributed by atoms with E-state index < -0.39 is 6.04 Å². The van der Waals surface area contributed by atoms with E-state index in [4.69, 9.17) is 23.8 Å². The Morgan fingerprint density at radius 2 is 2.25 bits per heavy atom. The van der Waals surface area contributed by atoms with Gasteiger partial charge in [-0.2, -0.15) is 0 Å². The van der Waals surface area contributed by atoms with Gasteiger partial charge in [0.05, 0.1) is 10.5 Å². The third-order valence-electron chi connectivity index (χ3n) is 3.45. The minimum atomic E-state index is -0.507. The van der Waals surface area contributed by atoms with Crippen LogP contribution in [0.3, 0.4) is 0 Å². The number of hydrogen-bond donors (Lipinski definition) is 1. The van der Waals surface area contributed by atoms with Gasteiger partial charge < -0.3 is 4.98 Å². The molecule has 0 aliphatic carbocycles. The highest BCUT2D eigenvalue weighted by atomic mass is 35.5. The molecule has 1 fully saturated rings. The smallest absolute Gasteiger partial charge is 0.252 e. The highest BCUT2D eigenvalue weighted by Gasteiger charge is 2.34. The number of nitrogens with one attached hydrogen (secondary N) is 1. The van der Waals surface area contributed by atoms with Crippen molar-refractivity contribution in [2.24, 2.45) is 0 Å². The van der Waals surface area contributed by atoms with Crippen molar-refractivity contribution in [1.82, 2.24) is 19.4 Å². The number of piperidine rings is 1. The Labute approximate surface area is 124 Å². The maximum atomic E-state index is 12.3. The fourth-order valence-corrected chi connectivity index (χ4v) is 2.90. The van der Waals surface area contributed by atoms with Gasteiger partial charge >= 0.3 is 0 Å². The first-order chi connectivity index (χ1) is 9.49. The standard InChI is InChI=1S/C12H11ClN4O2S/c1-16-9(18)3-2-8(11(16)19)17-10-7(15-12(17)20)4-6(13)5-14-10/h4-5,8H,2-3H2,1H3,(H,15,20). The molecule has 0 spiro atoms. The molecule has 0 bridgehead atoms. The van der Waals surface area contributed by atoms with Crippen LogP contribution in [-0.4, -0.2) is 38.3 Å². The average Bonchev–Trinajstić information content (AvgIpc) is 2.72. The monoisotopic (exact) mass is 310 g/mol. The first kappa shape index (κ1) is 13.3. The summed E-state index contributed by atoms with van der Waals surface area (Å²) in [6.07, 6.45) is 2.24. The van der Waals surface area contributed by atoms with Crippen LogP contribution in [0, 0.1) is 4.77 Å². The number of likely N-dealkylation sites (N-methyl/N-ethyl adjacent to an activating group) is 1. The summed E-state index contributed by atoms with van der Waals surface area (Å²) in [4.78, 5) is 32.2. The molecular formula is C12H11ClN4O2S. The van der Waals surface area contributed by atoms with Gasteiger partial charge in [0.1, 0.15) is 6.04 Å². The van der Waals surface area contributed by atoms with Gasteiger partial charge in [0.2, 0.25) is 5.91 Å². The molecule has 2 amide bonds. The number of fused-ring (bicyclic) bond motifs is 1. The Bertz CT molecular complexity index is 781. The van der Waals surface area contributed by atoms with Gasteiger partial charge in [-0.05, 0) is 24.7 Å². The predicted molar refractivity (Wildman–Crippen MR) is 76.0 cm³/mol. The van der Waals surface area contributed by atoms with E-state index in [0.717, 1.165) is 4.90 Å². The van der Waals surface area contributed by atoms with E-state index in [2.05, 4.69) is 9.97 Å². The summed E-state index contributed by atoms with van der Waals surface area (Å²) in [6.45, 7) is 0. The van der Waals surface area contributed by atoms with Gasteiger partial charge in [-0.3, -0.25) is 19.1 Å². The van der Waals surface area contributed by atoms with Crippen LogP contribution in [0.25, 0.3) is 11.2 Å². The fraction of sp³-hybridized carbons (Fsp3) is 0.333. The first-order valence-electron chi connectivity index (χ1n) is 6.05.